The smallest absolute Gasteiger partial charge is 0.405 e. The first-order valence-electron chi connectivity index (χ1n) is 7.39. The van der Waals surface area contributed by atoms with Crippen LogP contribution in [0.25, 0.3) is 0 Å². The number of rotatable bonds is 5. The second-order valence-corrected chi connectivity index (χ2v) is 6.26. The van der Waals surface area contributed by atoms with Gasteiger partial charge in [0.2, 0.25) is 5.91 Å². The van der Waals surface area contributed by atoms with Gasteiger partial charge in [0.05, 0.1) is 10.0 Å². The Morgan fingerprint density at radius 1 is 1.28 bits per heavy atom. The lowest BCUT2D eigenvalue weighted by Crippen LogP contribution is -2.49. The third kappa shape index (κ3) is 5.67. The number of likely N-dealkylation sites (tertiary alicyclic amines) is 1. The molecule has 0 saturated carbocycles. The van der Waals surface area contributed by atoms with Crippen LogP contribution in [0.15, 0.2) is 18.2 Å². The van der Waals surface area contributed by atoms with Crippen molar-refractivity contribution in [2.75, 3.05) is 19.7 Å². The van der Waals surface area contributed by atoms with E-state index in [2.05, 4.69) is 0 Å². The van der Waals surface area contributed by atoms with Crippen LogP contribution in [-0.2, 0) is 9.59 Å². The van der Waals surface area contributed by atoms with E-state index >= 15 is 0 Å². The lowest BCUT2D eigenvalue weighted by atomic mass is 10.2. The Balaban J connectivity index is 1.91. The van der Waals surface area contributed by atoms with E-state index in [0.717, 1.165) is 0 Å². The first-order chi connectivity index (χ1) is 11.7. The first-order valence-corrected chi connectivity index (χ1v) is 8.15. The van der Waals surface area contributed by atoms with E-state index in [9.17, 15) is 22.8 Å². The Morgan fingerprint density at radius 2 is 2.00 bits per heavy atom. The van der Waals surface area contributed by atoms with E-state index in [1.54, 1.807) is 5.32 Å². The molecule has 1 heterocycles. The normalized spacial score (nSPS) is 17.5. The minimum absolute atomic E-state index is 0.261. The fraction of sp³-hybridized carbons (Fsp3) is 0.467. The fourth-order valence-corrected chi connectivity index (χ4v) is 2.73. The standard InChI is InChI=1S/C15H15Cl2F3N2O3/c16-10-4-3-9(6-11(10)17)25-7-13(23)22-5-1-2-12(22)14(24)21-8-15(18,19)20/h3-4,6,12H,1-2,5,7-8H2,(H,21,24). The Morgan fingerprint density at radius 3 is 2.64 bits per heavy atom. The van der Waals surface area contributed by atoms with Crippen molar-refractivity contribution in [1.82, 2.24) is 10.2 Å². The van der Waals surface area contributed by atoms with Gasteiger partial charge in [-0.15, -0.1) is 0 Å². The molecule has 10 heteroatoms. The van der Waals surface area contributed by atoms with Crippen molar-refractivity contribution >= 4 is 35.0 Å². The van der Waals surface area contributed by atoms with E-state index in [4.69, 9.17) is 27.9 Å². The summed E-state index contributed by atoms with van der Waals surface area (Å²) in [4.78, 5) is 25.3. The molecule has 25 heavy (non-hydrogen) atoms. The summed E-state index contributed by atoms with van der Waals surface area (Å²) < 4.78 is 41.9. The molecule has 2 rings (SSSR count). The molecule has 1 aliphatic rings. The number of nitrogens with one attached hydrogen (secondary N) is 1. The molecule has 1 unspecified atom stereocenters. The molecule has 1 N–H and O–H groups in total. The van der Waals surface area contributed by atoms with E-state index in [0.29, 0.717) is 23.6 Å². The molecule has 1 aliphatic heterocycles. The van der Waals surface area contributed by atoms with Crippen LogP contribution in [0.4, 0.5) is 13.2 Å². The Kier molecular flexibility index (Phi) is 6.40. The van der Waals surface area contributed by atoms with Gasteiger partial charge in [0.15, 0.2) is 6.61 Å². The van der Waals surface area contributed by atoms with Crippen molar-refractivity contribution in [3.05, 3.63) is 28.2 Å². The molecule has 1 aromatic carbocycles. The highest BCUT2D eigenvalue weighted by molar-refractivity contribution is 6.42. The summed E-state index contributed by atoms with van der Waals surface area (Å²) in [6.45, 7) is -1.50. The first kappa shape index (κ1) is 19.7. The van der Waals surface area contributed by atoms with Crippen molar-refractivity contribution in [2.45, 2.75) is 25.1 Å². The second-order valence-electron chi connectivity index (χ2n) is 5.44. The van der Waals surface area contributed by atoms with Crippen molar-refractivity contribution in [2.24, 2.45) is 0 Å². The molecule has 1 fully saturated rings. The third-order valence-corrected chi connectivity index (χ3v) is 4.33. The van der Waals surface area contributed by atoms with E-state index < -0.39 is 30.6 Å². The topological polar surface area (TPSA) is 58.6 Å². The maximum atomic E-state index is 12.2. The molecule has 138 valence electrons. The average molecular weight is 399 g/mol. The molecular weight excluding hydrogens is 384 g/mol. The number of hydrogen-bond donors (Lipinski definition) is 1. The van der Waals surface area contributed by atoms with E-state index in [1.807, 2.05) is 0 Å². The fourth-order valence-electron chi connectivity index (χ4n) is 2.44. The highest BCUT2D eigenvalue weighted by Crippen LogP contribution is 2.26. The Bertz CT molecular complexity index is 655. The maximum Gasteiger partial charge on any atom is 0.405 e. The van der Waals surface area contributed by atoms with Crippen LogP contribution in [0.2, 0.25) is 10.0 Å². The summed E-state index contributed by atoms with van der Waals surface area (Å²) in [5, 5.41) is 2.40. The highest BCUT2D eigenvalue weighted by Gasteiger charge is 2.36. The summed E-state index contributed by atoms with van der Waals surface area (Å²) in [6.07, 6.45) is -3.66. The molecule has 0 bridgehead atoms. The van der Waals surface area contributed by atoms with Crippen LogP contribution in [0, 0.1) is 0 Å². The van der Waals surface area contributed by atoms with Crippen LogP contribution in [0.1, 0.15) is 12.8 Å². The van der Waals surface area contributed by atoms with Crippen molar-refractivity contribution < 1.29 is 27.5 Å². The third-order valence-electron chi connectivity index (χ3n) is 3.59. The number of alkyl halides is 3. The number of halogens is 5. The summed E-state index contributed by atoms with van der Waals surface area (Å²) in [6, 6.07) is 3.55. The monoisotopic (exact) mass is 398 g/mol. The zero-order valence-corrected chi connectivity index (χ0v) is 14.4. The Hall–Kier alpha value is -1.67. The number of carbonyl (C=O) groups excluding carboxylic acids is 2. The second kappa shape index (κ2) is 8.14. The molecule has 1 saturated heterocycles. The lowest BCUT2D eigenvalue weighted by Gasteiger charge is -2.24. The van der Waals surface area contributed by atoms with Gasteiger partial charge in [-0.05, 0) is 25.0 Å². The zero-order valence-electron chi connectivity index (χ0n) is 12.9. The molecule has 0 aliphatic carbocycles. The van der Waals surface area contributed by atoms with Crippen molar-refractivity contribution in [3.63, 3.8) is 0 Å². The van der Waals surface area contributed by atoms with Gasteiger partial charge < -0.3 is 15.0 Å². The molecule has 1 aromatic rings. The number of amides is 2. The van der Waals surface area contributed by atoms with Gasteiger partial charge in [0.25, 0.3) is 5.91 Å². The number of hydrogen-bond acceptors (Lipinski definition) is 3. The SMILES string of the molecule is O=C(NCC(F)(F)F)C1CCCN1C(=O)COc1ccc(Cl)c(Cl)c1. The van der Waals surface area contributed by atoms with Crippen molar-refractivity contribution in [1.29, 1.82) is 0 Å². The van der Waals surface area contributed by atoms with E-state index in [-0.39, 0.29) is 18.2 Å². The van der Waals surface area contributed by atoms with Gasteiger partial charge >= 0.3 is 6.18 Å². The van der Waals surface area contributed by atoms with Crippen LogP contribution < -0.4 is 10.1 Å². The van der Waals surface area contributed by atoms with Crippen molar-refractivity contribution in [3.8, 4) is 5.75 Å². The van der Waals surface area contributed by atoms with Gasteiger partial charge in [-0.1, -0.05) is 23.2 Å². The van der Waals surface area contributed by atoms with Gasteiger partial charge in [-0.3, -0.25) is 9.59 Å². The predicted octanol–water partition coefficient (Wildman–Crippen LogP) is 3.04. The number of carbonyl (C=O) groups is 2. The highest BCUT2D eigenvalue weighted by atomic mass is 35.5. The summed E-state index contributed by atoms with van der Waals surface area (Å²) in [5.74, 6) is -0.992. The molecule has 5 nitrogen and oxygen atoms in total. The van der Waals surface area contributed by atoms with Crippen LogP contribution >= 0.6 is 23.2 Å². The van der Waals surface area contributed by atoms with Crippen LogP contribution in [-0.4, -0.2) is 48.6 Å². The summed E-state index contributed by atoms with van der Waals surface area (Å²) >= 11 is 11.6. The van der Waals surface area contributed by atoms with Gasteiger partial charge in [0, 0.05) is 12.6 Å². The van der Waals surface area contributed by atoms with Gasteiger partial charge in [-0.25, -0.2) is 0 Å². The quantitative estimate of drug-likeness (QED) is 0.828. The molecule has 0 aromatic heterocycles. The Labute approximate surface area is 152 Å². The minimum Gasteiger partial charge on any atom is -0.484 e. The molecule has 1 atom stereocenters. The van der Waals surface area contributed by atoms with E-state index in [1.165, 1.54) is 23.1 Å². The number of benzene rings is 1. The minimum atomic E-state index is -4.50. The van der Waals surface area contributed by atoms with Gasteiger partial charge in [-0.2, -0.15) is 13.2 Å². The molecule has 0 spiro atoms. The summed E-state index contributed by atoms with van der Waals surface area (Å²) in [7, 11) is 0. The van der Waals surface area contributed by atoms with Crippen LogP contribution in [0.5, 0.6) is 5.75 Å². The predicted molar refractivity (Wildman–Crippen MR) is 85.8 cm³/mol. The van der Waals surface area contributed by atoms with Crippen LogP contribution in [0.3, 0.4) is 0 Å². The number of nitrogens with zero attached hydrogens (tertiary/aromatic N) is 1. The lowest BCUT2D eigenvalue weighted by molar-refractivity contribution is -0.145. The summed E-state index contributed by atoms with van der Waals surface area (Å²) in [5.41, 5.74) is 0. The zero-order chi connectivity index (χ0) is 18.6. The molecule has 0 radical (unpaired) electrons. The maximum absolute atomic E-state index is 12.2. The van der Waals surface area contributed by atoms with Gasteiger partial charge in [0.1, 0.15) is 18.3 Å². The largest absolute Gasteiger partial charge is 0.484 e. The molecular formula is C15H15Cl2F3N2O3. The number of ether oxygens (including phenoxy) is 1. The molecule has 2 amide bonds. The average Bonchev–Trinajstić information content (AvgIpc) is 3.02.